The number of nitrogens with zero attached hydrogens (tertiary/aromatic N) is 1. The summed E-state index contributed by atoms with van der Waals surface area (Å²) in [4.78, 5) is 26.9. The zero-order valence-electron chi connectivity index (χ0n) is 14.8. The predicted octanol–water partition coefficient (Wildman–Crippen LogP) is 3.08. The Hall–Kier alpha value is -1.26. The Morgan fingerprint density at radius 1 is 1.13 bits per heavy atom. The summed E-state index contributed by atoms with van der Waals surface area (Å²) in [5, 5.41) is 3.19. The van der Waals surface area contributed by atoms with Crippen molar-refractivity contribution in [3.63, 3.8) is 0 Å². The summed E-state index contributed by atoms with van der Waals surface area (Å²) in [5.74, 6) is 1.18. The highest BCUT2D eigenvalue weighted by Gasteiger charge is 2.57. The number of carbonyl (C=O) groups is 2. The number of carbonyl (C=O) groups excluding carboxylic acids is 2. The molecule has 1 saturated heterocycles. The van der Waals surface area contributed by atoms with Crippen molar-refractivity contribution >= 4 is 12.0 Å². The van der Waals surface area contributed by atoms with E-state index in [1.165, 1.54) is 12.8 Å². The van der Waals surface area contributed by atoms with Crippen LogP contribution in [0.25, 0.3) is 0 Å². The first-order valence-corrected chi connectivity index (χ1v) is 9.06. The van der Waals surface area contributed by atoms with Gasteiger partial charge in [-0.2, -0.15) is 0 Å². The zero-order chi connectivity index (χ0) is 16.8. The maximum Gasteiger partial charge on any atom is 0.411 e. The van der Waals surface area contributed by atoms with Crippen LogP contribution in [0.4, 0.5) is 4.79 Å². The van der Waals surface area contributed by atoms with Gasteiger partial charge in [-0.15, -0.1) is 0 Å². The van der Waals surface area contributed by atoms with Gasteiger partial charge in [-0.25, -0.2) is 4.79 Å². The number of hydrogen-bond acceptors (Lipinski definition) is 3. The van der Waals surface area contributed by atoms with Gasteiger partial charge in [0.15, 0.2) is 0 Å². The fraction of sp³-hybridized carbons (Fsp3) is 0.889. The lowest BCUT2D eigenvalue weighted by Gasteiger charge is -2.32. The summed E-state index contributed by atoms with van der Waals surface area (Å²) in [5.41, 5.74) is -0.524. The molecule has 5 nitrogen and oxygen atoms in total. The topological polar surface area (TPSA) is 58.6 Å². The molecular weight excluding hydrogens is 292 g/mol. The Morgan fingerprint density at radius 3 is 2.52 bits per heavy atom. The van der Waals surface area contributed by atoms with Crippen LogP contribution in [0.15, 0.2) is 0 Å². The summed E-state index contributed by atoms with van der Waals surface area (Å²) >= 11 is 0. The molecule has 5 heteroatoms. The second-order valence-corrected chi connectivity index (χ2v) is 8.68. The van der Waals surface area contributed by atoms with E-state index in [0.29, 0.717) is 11.8 Å². The fourth-order valence-corrected chi connectivity index (χ4v) is 4.13. The van der Waals surface area contributed by atoms with Crippen molar-refractivity contribution < 1.29 is 14.3 Å². The molecule has 1 aliphatic heterocycles. The van der Waals surface area contributed by atoms with Gasteiger partial charge in [0, 0.05) is 12.1 Å². The van der Waals surface area contributed by atoms with Crippen molar-refractivity contribution in [1.82, 2.24) is 10.2 Å². The van der Waals surface area contributed by atoms with E-state index in [0.717, 1.165) is 25.7 Å². The number of piperidine rings is 1. The van der Waals surface area contributed by atoms with Crippen molar-refractivity contribution in [2.75, 3.05) is 0 Å². The number of nitrogens with one attached hydrogen (secondary N) is 1. The Labute approximate surface area is 139 Å². The van der Waals surface area contributed by atoms with E-state index in [1.807, 2.05) is 20.8 Å². The Kier molecular flexibility index (Phi) is 4.32. The Morgan fingerprint density at radius 2 is 1.87 bits per heavy atom. The van der Waals surface area contributed by atoms with Gasteiger partial charge in [0.05, 0.1) is 0 Å². The number of ether oxygens (including phenoxy) is 1. The summed E-state index contributed by atoms with van der Waals surface area (Å²) in [6.45, 7) is 7.84. The minimum atomic E-state index is -0.524. The summed E-state index contributed by atoms with van der Waals surface area (Å²) in [6, 6.07) is 0.139. The van der Waals surface area contributed by atoms with Crippen molar-refractivity contribution in [1.29, 1.82) is 0 Å². The van der Waals surface area contributed by atoms with Crippen LogP contribution >= 0.6 is 0 Å². The molecule has 3 aliphatic rings. The van der Waals surface area contributed by atoms with Gasteiger partial charge < -0.3 is 10.1 Å². The van der Waals surface area contributed by atoms with Crippen LogP contribution in [0.2, 0.25) is 0 Å². The van der Waals surface area contributed by atoms with E-state index < -0.39 is 5.60 Å². The quantitative estimate of drug-likeness (QED) is 0.850. The lowest BCUT2D eigenvalue weighted by atomic mass is 9.87. The number of hydrogen-bond donors (Lipinski definition) is 1. The molecule has 2 amide bonds. The first-order valence-electron chi connectivity index (χ1n) is 9.06. The Bertz CT molecular complexity index is 485. The minimum absolute atomic E-state index is 0.0159. The van der Waals surface area contributed by atoms with E-state index in [1.54, 1.807) is 4.90 Å². The van der Waals surface area contributed by atoms with Crippen LogP contribution in [0.5, 0.6) is 0 Å². The molecule has 0 spiro atoms. The van der Waals surface area contributed by atoms with Gasteiger partial charge in [-0.05, 0) is 58.3 Å². The average molecular weight is 322 g/mol. The molecule has 5 atom stereocenters. The number of likely N-dealkylation sites (tertiary alicyclic amines) is 1. The van der Waals surface area contributed by atoms with E-state index in [9.17, 15) is 9.59 Å². The van der Waals surface area contributed by atoms with Crippen LogP contribution in [0.3, 0.4) is 0 Å². The molecule has 0 bridgehead atoms. The number of rotatable bonds is 2. The Balaban J connectivity index is 1.61. The minimum Gasteiger partial charge on any atom is -0.444 e. The molecule has 3 rings (SSSR count). The summed E-state index contributed by atoms with van der Waals surface area (Å²) in [7, 11) is 0. The molecule has 1 N–H and O–H groups in total. The lowest BCUT2D eigenvalue weighted by Crippen LogP contribution is -2.52. The molecule has 3 fully saturated rings. The fourth-order valence-electron chi connectivity index (χ4n) is 4.13. The maximum absolute atomic E-state index is 12.7. The SMILES string of the molecule is C[C@H]1CCC[C@@H](NC(=O)[C@@H]2C[C@H]3C[C@H]3N2C(=O)OC(C)(C)C)C1. The third-order valence-corrected chi connectivity index (χ3v) is 5.29. The second kappa shape index (κ2) is 5.99. The van der Waals surface area contributed by atoms with Gasteiger partial charge in [-0.1, -0.05) is 19.8 Å². The monoisotopic (exact) mass is 322 g/mol. The molecule has 0 aromatic rings. The molecule has 0 aromatic heterocycles. The smallest absolute Gasteiger partial charge is 0.411 e. The molecule has 0 unspecified atom stereocenters. The van der Waals surface area contributed by atoms with E-state index >= 15 is 0 Å². The highest BCUT2D eigenvalue weighted by atomic mass is 16.6. The van der Waals surface area contributed by atoms with Gasteiger partial charge >= 0.3 is 6.09 Å². The second-order valence-electron chi connectivity index (χ2n) is 8.68. The van der Waals surface area contributed by atoms with Crippen LogP contribution in [0.1, 0.15) is 66.2 Å². The number of amides is 2. The largest absolute Gasteiger partial charge is 0.444 e. The highest BCUT2D eigenvalue weighted by Crippen LogP contribution is 2.48. The van der Waals surface area contributed by atoms with Crippen molar-refractivity contribution in [2.45, 2.75) is 89.9 Å². The summed E-state index contributed by atoms with van der Waals surface area (Å²) < 4.78 is 5.51. The van der Waals surface area contributed by atoms with E-state index in [2.05, 4.69) is 12.2 Å². The van der Waals surface area contributed by atoms with E-state index in [4.69, 9.17) is 4.74 Å². The predicted molar refractivity (Wildman–Crippen MR) is 87.9 cm³/mol. The van der Waals surface area contributed by atoms with E-state index in [-0.39, 0.29) is 30.1 Å². The molecule has 2 aliphatic carbocycles. The molecule has 1 heterocycles. The van der Waals surface area contributed by atoms with Crippen LogP contribution in [0, 0.1) is 11.8 Å². The summed E-state index contributed by atoms with van der Waals surface area (Å²) in [6.07, 6.45) is 6.02. The third-order valence-electron chi connectivity index (χ3n) is 5.29. The van der Waals surface area contributed by atoms with Crippen LogP contribution in [-0.2, 0) is 9.53 Å². The van der Waals surface area contributed by atoms with Crippen LogP contribution < -0.4 is 5.32 Å². The standard InChI is InChI=1S/C18H30N2O3/c1-11-6-5-7-13(8-11)19-16(21)15-10-12-9-14(12)20(15)17(22)23-18(2,3)4/h11-15H,5-10H2,1-4H3,(H,19,21)/t11-,12+,13+,14+,15-/m0/s1. The maximum atomic E-state index is 12.7. The van der Waals surface area contributed by atoms with Crippen LogP contribution in [-0.4, -0.2) is 40.6 Å². The molecule has 2 saturated carbocycles. The van der Waals surface area contributed by atoms with Crippen molar-refractivity contribution in [2.24, 2.45) is 11.8 Å². The first kappa shape index (κ1) is 16.6. The van der Waals surface area contributed by atoms with Crippen molar-refractivity contribution in [3.8, 4) is 0 Å². The lowest BCUT2D eigenvalue weighted by molar-refractivity contribution is -0.127. The molecule has 0 radical (unpaired) electrons. The average Bonchev–Trinajstić information content (AvgIpc) is 3.06. The van der Waals surface area contributed by atoms with Gasteiger partial charge in [0.1, 0.15) is 11.6 Å². The van der Waals surface area contributed by atoms with Crippen molar-refractivity contribution in [3.05, 3.63) is 0 Å². The van der Waals surface area contributed by atoms with Gasteiger partial charge in [0.2, 0.25) is 5.91 Å². The first-order chi connectivity index (χ1) is 10.7. The zero-order valence-corrected chi connectivity index (χ0v) is 14.8. The molecular formula is C18H30N2O3. The molecule has 23 heavy (non-hydrogen) atoms. The number of fused-ring (bicyclic) bond motifs is 1. The normalized spacial score (nSPS) is 36.3. The highest BCUT2D eigenvalue weighted by molar-refractivity contribution is 5.87. The molecule has 130 valence electrons. The van der Waals surface area contributed by atoms with Gasteiger partial charge in [0.25, 0.3) is 0 Å². The van der Waals surface area contributed by atoms with Gasteiger partial charge in [-0.3, -0.25) is 9.69 Å². The molecule has 0 aromatic carbocycles. The third kappa shape index (κ3) is 3.81.